The fourth-order valence-corrected chi connectivity index (χ4v) is 1.82. The van der Waals surface area contributed by atoms with Gasteiger partial charge >= 0.3 is 0 Å². The summed E-state index contributed by atoms with van der Waals surface area (Å²) < 4.78 is 0. The molecule has 3 heteroatoms. The van der Waals surface area contributed by atoms with E-state index in [0.717, 1.165) is 16.8 Å². The third kappa shape index (κ3) is 3.47. The summed E-state index contributed by atoms with van der Waals surface area (Å²) in [5.74, 6) is 5.62. The van der Waals surface area contributed by atoms with Crippen molar-refractivity contribution in [3.05, 3.63) is 65.2 Å². The van der Waals surface area contributed by atoms with E-state index >= 15 is 0 Å². The first-order valence-electron chi connectivity index (χ1n) is 6.36. The van der Waals surface area contributed by atoms with Crippen LogP contribution in [0, 0.1) is 18.8 Å². The van der Waals surface area contributed by atoms with Gasteiger partial charge in [-0.15, -0.1) is 0 Å². The molecule has 0 unspecified atom stereocenters. The molecule has 2 rings (SSSR count). The predicted molar refractivity (Wildman–Crippen MR) is 81.5 cm³/mol. The first kappa shape index (κ1) is 13.9. The van der Waals surface area contributed by atoms with E-state index in [-0.39, 0.29) is 5.91 Å². The summed E-state index contributed by atoms with van der Waals surface area (Å²) in [4.78, 5) is 12.1. The van der Waals surface area contributed by atoms with Crippen molar-refractivity contribution < 1.29 is 4.79 Å². The van der Waals surface area contributed by atoms with Crippen LogP contribution in [0.3, 0.4) is 0 Å². The number of hydrogen-bond donors (Lipinski definition) is 2. The van der Waals surface area contributed by atoms with Gasteiger partial charge in [0, 0.05) is 16.8 Å². The highest BCUT2D eigenvalue weighted by Crippen LogP contribution is 2.13. The van der Waals surface area contributed by atoms with Crippen LogP contribution in [-0.2, 0) is 0 Å². The summed E-state index contributed by atoms with van der Waals surface area (Å²) in [6, 6.07) is 14.9. The minimum atomic E-state index is -0.108. The maximum absolute atomic E-state index is 12.1. The van der Waals surface area contributed by atoms with Crippen molar-refractivity contribution in [1.29, 1.82) is 0 Å². The molecule has 0 saturated carbocycles. The van der Waals surface area contributed by atoms with Crippen LogP contribution in [0.4, 0.5) is 5.69 Å². The summed E-state index contributed by atoms with van der Waals surface area (Å²) in [6.07, 6.45) is 0. The highest BCUT2D eigenvalue weighted by atomic mass is 16.1. The van der Waals surface area contributed by atoms with Gasteiger partial charge in [-0.05, 0) is 42.8 Å². The first-order chi connectivity index (χ1) is 9.70. The Morgan fingerprint density at radius 3 is 2.50 bits per heavy atom. The van der Waals surface area contributed by atoms with Gasteiger partial charge in [0.1, 0.15) is 0 Å². The Hall–Kier alpha value is -2.57. The fraction of sp³-hybridized carbons (Fsp3) is 0.118. The van der Waals surface area contributed by atoms with Crippen molar-refractivity contribution in [3.8, 4) is 11.8 Å². The number of carbonyl (C=O) groups excluding carboxylic acids is 1. The van der Waals surface area contributed by atoms with Gasteiger partial charge in [0.25, 0.3) is 5.91 Å². The minimum absolute atomic E-state index is 0.108. The molecule has 0 atom stereocenters. The number of anilines is 1. The fourth-order valence-electron chi connectivity index (χ4n) is 1.82. The molecule has 0 aliphatic heterocycles. The van der Waals surface area contributed by atoms with Gasteiger partial charge < -0.3 is 11.1 Å². The molecule has 0 heterocycles. The van der Waals surface area contributed by atoms with Crippen LogP contribution in [0.15, 0.2) is 48.5 Å². The molecule has 0 radical (unpaired) electrons. The molecule has 100 valence electrons. The van der Waals surface area contributed by atoms with Crippen molar-refractivity contribution in [2.75, 3.05) is 11.9 Å². The lowest BCUT2D eigenvalue weighted by atomic mass is 10.1. The lowest BCUT2D eigenvalue weighted by molar-refractivity contribution is 0.102. The Bertz CT molecular complexity index is 663. The monoisotopic (exact) mass is 264 g/mol. The normalized spacial score (nSPS) is 9.50. The third-order valence-corrected chi connectivity index (χ3v) is 2.87. The summed E-state index contributed by atoms with van der Waals surface area (Å²) in [5, 5.41) is 2.87. The molecule has 1 amide bonds. The second-order valence-electron chi connectivity index (χ2n) is 4.35. The SMILES string of the molecule is Cc1ccccc1C(=O)Nc1ccc(C#CCN)cc1. The number of amides is 1. The first-order valence-corrected chi connectivity index (χ1v) is 6.36. The molecule has 0 fully saturated rings. The van der Waals surface area contributed by atoms with Gasteiger partial charge in [0.05, 0.1) is 6.54 Å². The smallest absolute Gasteiger partial charge is 0.255 e. The average molecular weight is 264 g/mol. The zero-order valence-corrected chi connectivity index (χ0v) is 11.3. The number of carbonyl (C=O) groups is 1. The Balaban J connectivity index is 2.11. The lowest BCUT2D eigenvalue weighted by Gasteiger charge is -2.07. The molecule has 0 aromatic heterocycles. The Labute approximate surface area is 118 Å². The van der Waals surface area contributed by atoms with Gasteiger partial charge in [-0.2, -0.15) is 0 Å². The molecule has 0 spiro atoms. The average Bonchev–Trinajstić information content (AvgIpc) is 2.47. The molecule has 3 nitrogen and oxygen atoms in total. The Kier molecular flexibility index (Phi) is 4.54. The molecule has 20 heavy (non-hydrogen) atoms. The van der Waals surface area contributed by atoms with Gasteiger partial charge in [0.2, 0.25) is 0 Å². The summed E-state index contributed by atoms with van der Waals surface area (Å²) >= 11 is 0. The van der Waals surface area contributed by atoms with E-state index in [4.69, 9.17) is 5.73 Å². The van der Waals surface area contributed by atoms with Gasteiger partial charge in [-0.1, -0.05) is 30.0 Å². The van der Waals surface area contributed by atoms with Crippen molar-refractivity contribution in [2.45, 2.75) is 6.92 Å². The van der Waals surface area contributed by atoms with Crippen LogP contribution in [0.5, 0.6) is 0 Å². The highest BCUT2D eigenvalue weighted by molar-refractivity contribution is 6.05. The van der Waals surface area contributed by atoms with E-state index in [2.05, 4.69) is 17.2 Å². The van der Waals surface area contributed by atoms with Crippen molar-refractivity contribution in [2.24, 2.45) is 5.73 Å². The van der Waals surface area contributed by atoms with E-state index in [9.17, 15) is 4.79 Å². The molecule has 0 aliphatic carbocycles. The van der Waals surface area contributed by atoms with Crippen molar-refractivity contribution >= 4 is 11.6 Å². The number of benzene rings is 2. The van der Waals surface area contributed by atoms with Crippen molar-refractivity contribution in [1.82, 2.24) is 0 Å². The topological polar surface area (TPSA) is 55.1 Å². The third-order valence-electron chi connectivity index (χ3n) is 2.87. The molecule has 3 N–H and O–H groups in total. The predicted octanol–water partition coefficient (Wildman–Crippen LogP) is 2.56. The second kappa shape index (κ2) is 6.55. The van der Waals surface area contributed by atoms with Crippen LogP contribution >= 0.6 is 0 Å². The molecule has 0 saturated heterocycles. The van der Waals surface area contributed by atoms with E-state index < -0.39 is 0 Å². The standard InChI is InChI=1S/C17H16N2O/c1-13-5-2-3-7-16(13)17(20)19-15-10-8-14(9-11-15)6-4-12-18/h2-3,5,7-11H,12,18H2,1H3,(H,19,20). The maximum atomic E-state index is 12.1. The Morgan fingerprint density at radius 1 is 1.15 bits per heavy atom. The van der Waals surface area contributed by atoms with Crippen LogP contribution in [0.25, 0.3) is 0 Å². The second-order valence-corrected chi connectivity index (χ2v) is 4.35. The number of aryl methyl sites for hydroxylation is 1. The molecule has 2 aromatic carbocycles. The van der Waals surface area contributed by atoms with Crippen molar-refractivity contribution in [3.63, 3.8) is 0 Å². The lowest BCUT2D eigenvalue weighted by Crippen LogP contribution is -2.13. The Morgan fingerprint density at radius 2 is 1.85 bits per heavy atom. The van der Waals surface area contributed by atoms with Crippen LogP contribution in [0.2, 0.25) is 0 Å². The van der Waals surface area contributed by atoms with E-state index in [1.807, 2.05) is 55.5 Å². The van der Waals surface area contributed by atoms with E-state index in [1.165, 1.54) is 0 Å². The molecule has 0 bridgehead atoms. The van der Waals surface area contributed by atoms with E-state index in [1.54, 1.807) is 0 Å². The van der Waals surface area contributed by atoms with Gasteiger partial charge in [-0.3, -0.25) is 4.79 Å². The number of rotatable bonds is 2. The molecular formula is C17H16N2O. The van der Waals surface area contributed by atoms with Crippen LogP contribution in [0.1, 0.15) is 21.5 Å². The van der Waals surface area contributed by atoms with Crippen LogP contribution < -0.4 is 11.1 Å². The number of nitrogens with two attached hydrogens (primary N) is 1. The zero-order chi connectivity index (χ0) is 14.4. The molecule has 0 aliphatic rings. The molecule has 2 aromatic rings. The minimum Gasteiger partial charge on any atom is -0.322 e. The highest BCUT2D eigenvalue weighted by Gasteiger charge is 2.07. The van der Waals surface area contributed by atoms with Crippen LogP contribution in [-0.4, -0.2) is 12.5 Å². The van der Waals surface area contributed by atoms with Gasteiger partial charge in [0.15, 0.2) is 0 Å². The maximum Gasteiger partial charge on any atom is 0.255 e. The number of nitrogens with one attached hydrogen (secondary N) is 1. The zero-order valence-electron chi connectivity index (χ0n) is 11.3. The summed E-state index contributed by atoms with van der Waals surface area (Å²) in [5.41, 5.74) is 8.58. The summed E-state index contributed by atoms with van der Waals surface area (Å²) in [7, 11) is 0. The van der Waals surface area contributed by atoms with Gasteiger partial charge in [-0.25, -0.2) is 0 Å². The number of hydrogen-bond acceptors (Lipinski definition) is 2. The quantitative estimate of drug-likeness (QED) is 0.819. The molecular weight excluding hydrogens is 248 g/mol. The summed E-state index contributed by atoms with van der Waals surface area (Å²) in [6.45, 7) is 2.26. The van der Waals surface area contributed by atoms with E-state index in [0.29, 0.717) is 12.1 Å². The largest absolute Gasteiger partial charge is 0.322 e.